The van der Waals surface area contributed by atoms with Gasteiger partial charge in [0, 0.05) is 12.7 Å². The maximum absolute atomic E-state index is 12.9. The van der Waals surface area contributed by atoms with E-state index in [4.69, 9.17) is 4.74 Å². The number of nitrogens with one attached hydrogen (secondary N) is 1. The van der Waals surface area contributed by atoms with Gasteiger partial charge in [0.25, 0.3) is 5.91 Å². The predicted molar refractivity (Wildman–Crippen MR) is 124 cm³/mol. The van der Waals surface area contributed by atoms with Gasteiger partial charge in [0.05, 0.1) is 5.69 Å². The SMILES string of the molecule is CCc1nc2cc(C)ccn2c1C(=O)NCc1ccc(OCc2ccc(OC(F)(F)F)cc2)cc1. The van der Waals surface area contributed by atoms with Crippen LogP contribution in [0.3, 0.4) is 0 Å². The molecule has 0 aliphatic carbocycles. The molecule has 4 rings (SSSR count). The van der Waals surface area contributed by atoms with Gasteiger partial charge in [0.2, 0.25) is 0 Å². The standard InChI is InChI=1S/C26H24F3N3O3/c1-3-22-24(32-13-12-17(2)14-23(32)31-22)25(33)30-15-18-4-8-20(9-5-18)34-16-19-6-10-21(11-7-19)35-26(27,28)29/h4-14H,3,15-16H2,1-2H3,(H,30,33). The van der Waals surface area contributed by atoms with Crippen molar-refractivity contribution in [3.8, 4) is 11.5 Å². The van der Waals surface area contributed by atoms with E-state index < -0.39 is 6.36 Å². The molecule has 0 saturated heterocycles. The van der Waals surface area contributed by atoms with Gasteiger partial charge < -0.3 is 14.8 Å². The molecule has 0 unspecified atom stereocenters. The van der Waals surface area contributed by atoms with Crippen LogP contribution in [0, 0.1) is 6.92 Å². The van der Waals surface area contributed by atoms with E-state index in [1.807, 2.05) is 44.3 Å². The van der Waals surface area contributed by atoms with Crippen molar-refractivity contribution in [2.45, 2.75) is 39.8 Å². The van der Waals surface area contributed by atoms with Crippen LogP contribution < -0.4 is 14.8 Å². The highest BCUT2D eigenvalue weighted by molar-refractivity contribution is 5.94. The monoisotopic (exact) mass is 483 g/mol. The maximum Gasteiger partial charge on any atom is 0.573 e. The first-order valence-electron chi connectivity index (χ1n) is 11.0. The molecule has 35 heavy (non-hydrogen) atoms. The van der Waals surface area contributed by atoms with Gasteiger partial charge in [-0.05, 0) is 66.4 Å². The molecular weight excluding hydrogens is 459 g/mol. The van der Waals surface area contributed by atoms with Crippen LogP contribution >= 0.6 is 0 Å². The summed E-state index contributed by atoms with van der Waals surface area (Å²) in [7, 11) is 0. The van der Waals surface area contributed by atoms with Gasteiger partial charge in [-0.15, -0.1) is 13.2 Å². The Morgan fingerprint density at radius 3 is 2.31 bits per heavy atom. The Bertz CT molecular complexity index is 1310. The first-order valence-corrected chi connectivity index (χ1v) is 11.0. The first kappa shape index (κ1) is 24.1. The van der Waals surface area contributed by atoms with Gasteiger partial charge in [-0.1, -0.05) is 31.2 Å². The molecule has 0 bridgehead atoms. The smallest absolute Gasteiger partial charge is 0.489 e. The number of halogens is 3. The second-order valence-corrected chi connectivity index (χ2v) is 8.00. The minimum Gasteiger partial charge on any atom is -0.489 e. The molecule has 1 amide bonds. The topological polar surface area (TPSA) is 64.9 Å². The molecule has 6 nitrogen and oxygen atoms in total. The number of aromatic nitrogens is 2. The van der Waals surface area contributed by atoms with Crippen molar-refractivity contribution in [1.82, 2.24) is 14.7 Å². The minimum atomic E-state index is -4.72. The van der Waals surface area contributed by atoms with Crippen LogP contribution in [0.2, 0.25) is 0 Å². The number of carbonyl (C=O) groups excluding carboxylic acids is 1. The molecule has 2 aromatic carbocycles. The number of nitrogens with zero attached hydrogens (tertiary/aromatic N) is 2. The lowest BCUT2D eigenvalue weighted by Gasteiger charge is -2.11. The van der Waals surface area contributed by atoms with E-state index in [9.17, 15) is 18.0 Å². The van der Waals surface area contributed by atoms with Crippen LogP contribution in [0.25, 0.3) is 5.65 Å². The molecule has 0 aliphatic rings. The summed E-state index contributed by atoms with van der Waals surface area (Å²) in [6.07, 6.45) is -2.22. The Balaban J connectivity index is 1.33. The van der Waals surface area contributed by atoms with Crippen molar-refractivity contribution >= 4 is 11.6 Å². The van der Waals surface area contributed by atoms with Crippen molar-refractivity contribution in [2.75, 3.05) is 0 Å². The first-order chi connectivity index (χ1) is 16.7. The number of hydrogen-bond donors (Lipinski definition) is 1. The highest BCUT2D eigenvalue weighted by Crippen LogP contribution is 2.23. The van der Waals surface area contributed by atoms with Gasteiger partial charge in [0.1, 0.15) is 29.4 Å². The predicted octanol–water partition coefficient (Wildman–Crippen LogP) is 5.61. The third-order valence-corrected chi connectivity index (χ3v) is 5.34. The zero-order valence-corrected chi connectivity index (χ0v) is 19.2. The highest BCUT2D eigenvalue weighted by Gasteiger charge is 2.30. The molecule has 0 aliphatic heterocycles. The number of benzene rings is 2. The summed E-state index contributed by atoms with van der Waals surface area (Å²) in [6.45, 7) is 4.48. The normalized spacial score (nSPS) is 11.5. The largest absolute Gasteiger partial charge is 0.573 e. The van der Waals surface area contributed by atoms with Gasteiger partial charge in [-0.3, -0.25) is 9.20 Å². The zero-order chi connectivity index (χ0) is 25.0. The molecule has 2 aromatic heterocycles. The Morgan fingerprint density at radius 2 is 1.66 bits per heavy atom. The maximum atomic E-state index is 12.9. The van der Waals surface area contributed by atoms with Gasteiger partial charge >= 0.3 is 6.36 Å². The lowest BCUT2D eigenvalue weighted by atomic mass is 10.2. The molecule has 9 heteroatoms. The summed E-state index contributed by atoms with van der Waals surface area (Å²) in [5, 5.41) is 2.95. The van der Waals surface area contributed by atoms with Crippen molar-refractivity contribution < 1.29 is 27.4 Å². The van der Waals surface area contributed by atoms with Crippen molar-refractivity contribution in [3.63, 3.8) is 0 Å². The lowest BCUT2D eigenvalue weighted by Crippen LogP contribution is -2.25. The van der Waals surface area contributed by atoms with E-state index in [0.717, 1.165) is 22.5 Å². The second-order valence-electron chi connectivity index (χ2n) is 8.00. The Hall–Kier alpha value is -4.01. The average molecular weight is 483 g/mol. The number of ether oxygens (including phenoxy) is 2. The molecule has 0 radical (unpaired) electrons. The summed E-state index contributed by atoms with van der Waals surface area (Å²) in [4.78, 5) is 17.5. The fourth-order valence-corrected chi connectivity index (χ4v) is 3.61. The van der Waals surface area contributed by atoms with Crippen LogP contribution in [-0.4, -0.2) is 21.7 Å². The quantitative estimate of drug-likeness (QED) is 0.354. The van der Waals surface area contributed by atoms with E-state index in [2.05, 4.69) is 15.0 Å². The van der Waals surface area contributed by atoms with Crippen LogP contribution in [0.15, 0.2) is 66.9 Å². The van der Waals surface area contributed by atoms with Crippen molar-refractivity contribution in [1.29, 1.82) is 0 Å². The summed E-state index contributed by atoms with van der Waals surface area (Å²) in [6, 6.07) is 16.6. The van der Waals surface area contributed by atoms with E-state index >= 15 is 0 Å². The summed E-state index contributed by atoms with van der Waals surface area (Å²) in [5.41, 5.74) is 4.69. The van der Waals surface area contributed by atoms with Crippen molar-refractivity contribution in [3.05, 3.63) is 94.9 Å². The van der Waals surface area contributed by atoms with Crippen LogP contribution in [0.4, 0.5) is 13.2 Å². The van der Waals surface area contributed by atoms with E-state index in [0.29, 0.717) is 30.0 Å². The third-order valence-electron chi connectivity index (χ3n) is 5.34. The highest BCUT2D eigenvalue weighted by atomic mass is 19.4. The van der Waals surface area contributed by atoms with Crippen LogP contribution in [0.1, 0.15) is 39.8 Å². The molecular formula is C26H24F3N3O3. The number of hydrogen-bond acceptors (Lipinski definition) is 4. The van der Waals surface area contributed by atoms with Crippen molar-refractivity contribution in [2.24, 2.45) is 0 Å². The third kappa shape index (κ3) is 6.11. The number of aryl methyl sites for hydroxylation is 2. The Kier molecular flexibility index (Phi) is 6.95. The number of carbonyl (C=O) groups is 1. The fourth-order valence-electron chi connectivity index (χ4n) is 3.61. The summed E-state index contributed by atoms with van der Waals surface area (Å²) in [5.74, 6) is 0.121. The fraction of sp³-hybridized carbons (Fsp3) is 0.231. The summed E-state index contributed by atoms with van der Waals surface area (Å²) >= 11 is 0. The van der Waals surface area contributed by atoms with Gasteiger partial charge in [0.15, 0.2) is 0 Å². The lowest BCUT2D eigenvalue weighted by molar-refractivity contribution is -0.274. The van der Waals surface area contributed by atoms with Gasteiger partial charge in [-0.2, -0.15) is 0 Å². The Morgan fingerprint density at radius 1 is 1.00 bits per heavy atom. The van der Waals surface area contributed by atoms with E-state index in [1.165, 1.54) is 24.3 Å². The number of fused-ring (bicyclic) bond motifs is 1. The molecule has 0 saturated carbocycles. The van der Waals surface area contributed by atoms with Gasteiger partial charge in [-0.25, -0.2) is 4.98 Å². The molecule has 2 heterocycles. The number of alkyl halides is 3. The minimum absolute atomic E-state index is 0.190. The summed E-state index contributed by atoms with van der Waals surface area (Å²) < 4.78 is 48.1. The molecule has 4 aromatic rings. The van der Waals surface area contributed by atoms with Crippen LogP contribution in [0.5, 0.6) is 11.5 Å². The number of rotatable bonds is 8. The van der Waals surface area contributed by atoms with Crippen LogP contribution in [-0.2, 0) is 19.6 Å². The number of amides is 1. The second kappa shape index (κ2) is 10.1. The van der Waals surface area contributed by atoms with E-state index in [-0.39, 0.29) is 18.3 Å². The molecule has 1 N–H and O–H groups in total. The number of imidazole rings is 1. The molecule has 0 fully saturated rings. The molecule has 0 spiro atoms. The number of pyridine rings is 1. The Labute approximate surface area is 200 Å². The van der Waals surface area contributed by atoms with E-state index in [1.54, 1.807) is 16.5 Å². The zero-order valence-electron chi connectivity index (χ0n) is 19.2. The molecule has 182 valence electrons. The average Bonchev–Trinajstić information content (AvgIpc) is 3.19. The molecule has 0 atom stereocenters.